The summed E-state index contributed by atoms with van der Waals surface area (Å²) in [6, 6.07) is 7.60. The highest BCUT2D eigenvalue weighted by Gasteiger charge is 2.08. The zero-order valence-electron chi connectivity index (χ0n) is 10.4. The van der Waals surface area contributed by atoms with Crippen molar-refractivity contribution in [2.75, 3.05) is 7.11 Å². The van der Waals surface area contributed by atoms with Crippen molar-refractivity contribution in [1.82, 2.24) is 9.55 Å². The number of halogens is 1. The van der Waals surface area contributed by atoms with Gasteiger partial charge in [-0.15, -0.1) is 0 Å². The number of benzene rings is 1. The molecule has 1 heterocycles. The van der Waals surface area contributed by atoms with Gasteiger partial charge in [-0.05, 0) is 35.0 Å². The molecule has 0 bridgehead atoms. The molecule has 0 saturated heterocycles. The van der Waals surface area contributed by atoms with E-state index in [1.165, 1.54) is 0 Å². The monoisotopic (exact) mass is 310 g/mol. The van der Waals surface area contributed by atoms with Gasteiger partial charge in [-0.2, -0.15) is 0 Å². The Hall–Kier alpha value is -1.49. The first-order valence-electron chi connectivity index (χ1n) is 5.72. The second-order valence-corrected chi connectivity index (χ2v) is 4.41. The number of rotatable bonds is 5. The summed E-state index contributed by atoms with van der Waals surface area (Å²) in [7, 11) is 1.63. The van der Waals surface area contributed by atoms with Crippen molar-refractivity contribution >= 4 is 15.9 Å². The van der Waals surface area contributed by atoms with Gasteiger partial charge >= 0.3 is 0 Å². The number of ether oxygens (including phenoxy) is 2. The molecule has 1 aromatic carbocycles. The van der Waals surface area contributed by atoms with Crippen LogP contribution in [-0.2, 0) is 13.2 Å². The second-order valence-electron chi connectivity index (χ2n) is 3.70. The van der Waals surface area contributed by atoms with Gasteiger partial charge < -0.3 is 14.0 Å². The predicted molar refractivity (Wildman–Crippen MR) is 72.9 cm³/mol. The van der Waals surface area contributed by atoms with Crippen molar-refractivity contribution in [3.8, 4) is 11.5 Å². The summed E-state index contributed by atoms with van der Waals surface area (Å²) >= 11 is 3.40. The fraction of sp³-hybridized carbons (Fsp3) is 0.308. The van der Waals surface area contributed by atoms with E-state index in [4.69, 9.17) is 9.47 Å². The minimum absolute atomic E-state index is 0.465. The summed E-state index contributed by atoms with van der Waals surface area (Å²) in [5.41, 5.74) is 1.02. The van der Waals surface area contributed by atoms with Crippen LogP contribution < -0.4 is 9.47 Å². The minimum atomic E-state index is 0.465. The Morgan fingerprint density at radius 3 is 2.67 bits per heavy atom. The first-order valence-corrected chi connectivity index (χ1v) is 6.51. The van der Waals surface area contributed by atoms with E-state index in [0.29, 0.717) is 6.61 Å². The van der Waals surface area contributed by atoms with Crippen LogP contribution in [0.15, 0.2) is 35.2 Å². The third kappa shape index (κ3) is 2.67. The van der Waals surface area contributed by atoms with Crippen molar-refractivity contribution < 1.29 is 9.47 Å². The Kier molecular flexibility index (Phi) is 4.25. The van der Waals surface area contributed by atoms with Crippen LogP contribution in [0.3, 0.4) is 0 Å². The lowest BCUT2D eigenvalue weighted by atomic mass is 10.3. The average Bonchev–Trinajstić information content (AvgIpc) is 2.77. The van der Waals surface area contributed by atoms with Crippen molar-refractivity contribution in [1.29, 1.82) is 0 Å². The number of nitrogens with zero attached hydrogens (tertiary/aromatic N) is 2. The number of methoxy groups -OCH3 is 1. The van der Waals surface area contributed by atoms with Crippen molar-refractivity contribution in [2.45, 2.75) is 20.1 Å². The highest BCUT2D eigenvalue weighted by Crippen LogP contribution is 2.26. The number of hydrogen-bond donors (Lipinski definition) is 0. The van der Waals surface area contributed by atoms with Gasteiger partial charge in [0.15, 0.2) is 16.2 Å². The maximum absolute atomic E-state index is 5.76. The van der Waals surface area contributed by atoms with Crippen LogP contribution in [0.4, 0.5) is 0 Å². The molecule has 0 amide bonds. The third-order valence-corrected chi connectivity index (χ3v) is 3.28. The highest BCUT2D eigenvalue weighted by atomic mass is 79.9. The maximum Gasteiger partial charge on any atom is 0.177 e. The van der Waals surface area contributed by atoms with Gasteiger partial charge in [0, 0.05) is 6.54 Å². The number of imidazole rings is 1. The second kappa shape index (κ2) is 5.91. The summed E-state index contributed by atoms with van der Waals surface area (Å²) in [4.78, 5) is 4.21. The van der Waals surface area contributed by atoms with Crippen LogP contribution in [0.2, 0.25) is 0 Å². The van der Waals surface area contributed by atoms with E-state index in [-0.39, 0.29) is 0 Å². The van der Waals surface area contributed by atoms with E-state index in [1.54, 1.807) is 7.11 Å². The maximum atomic E-state index is 5.76. The fourth-order valence-corrected chi connectivity index (χ4v) is 2.31. The molecule has 0 radical (unpaired) electrons. The smallest absolute Gasteiger partial charge is 0.177 e. The molecule has 0 unspecified atom stereocenters. The van der Waals surface area contributed by atoms with Crippen molar-refractivity contribution in [3.05, 3.63) is 40.9 Å². The quantitative estimate of drug-likeness (QED) is 0.850. The Labute approximate surface area is 115 Å². The van der Waals surface area contributed by atoms with Crippen LogP contribution in [0, 0.1) is 0 Å². The molecule has 0 fully saturated rings. The summed E-state index contributed by atoms with van der Waals surface area (Å²) in [5.74, 6) is 1.47. The van der Waals surface area contributed by atoms with Gasteiger partial charge in [0.25, 0.3) is 0 Å². The molecule has 4 nitrogen and oxygen atoms in total. The molecule has 0 saturated carbocycles. The van der Waals surface area contributed by atoms with Crippen molar-refractivity contribution in [3.63, 3.8) is 0 Å². The summed E-state index contributed by atoms with van der Waals surface area (Å²) < 4.78 is 13.9. The molecule has 0 aliphatic heterocycles. The number of para-hydroxylation sites is 2. The zero-order valence-corrected chi connectivity index (χ0v) is 12.0. The van der Waals surface area contributed by atoms with E-state index < -0.39 is 0 Å². The van der Waals surface area contributed by atoms with Gasteiger partial charge in [0.1, 0.15) is 6.61 Å². The molecule has 96 valence electrons. The van der Waals surface area contributed by atoms with Crippen LogP contribution in [-0.4, -0.2) is 16.7 Å². The Morgan fingerprint density at radius 2 is 2.00 bits per heavy atom. The molecule has 1 aromatic heterocycles. The van der Waals surface area contributed by atoms with Crippen LogP contribution >= 0.6 is 15.9 Å². The standard InChI is InChI=1S/C13H15BrN2O2/c1-3-16-10(8-15-13(16)14)9-18-12-7-5-4-6-11(12)17-2/h4-8H,3,9H2,1-2H3. The summed E-state index contributed by atoms with van der Waals surface area (Å²) in [6.45, 7) is 3.39. The van der Waals surface area contributed by atoms with E-state index in [0.717, 1.165) is 28.5 Å². The van der Waals surface area contributed by atoms with Crippen LogP contribution in [0.5, 0.6) is 11.5 Å². The molecule has 5 heteroatoms. The number of aromatic nitrogens is 2. The zero-order chi connectivity index (χ0) is 13.0. The number of hydrogen-bond acceptors (Lipinski definition) is 3. The highest BCUT2D eigenvalue weighted by molar-refractivity contribution is 9.10. The lowest BCUT2D eigenvalue weighted by molar-refractivity contribution is 0.276. The lowest BCUT2D eigenvalue weighted by Gasteiger charge is -2.11. The molecule has 2 rings (SSSR count). The predicted octanol–water partition coefficient (Wildman–Crippen LogP) is 3.25. The van der Waals surface area contributed by atoms with Gasteiger partial charge in [-0.1, -0.05) is 12.1 Å². The molecule has 0 aliphatic rings. The molecular formula is C13H15BrN2O2. The molecule has 0 atom stereocenters. The molecular weight excluding hydrogens is 296 g/mol. The van der Waals surface area contributed by atoms with Crippen molar-refractivity contribution in [2.24, 2.45) is 0 Å². The molecule has 0 N–H and O–H groups in total. The Balaban J connectivity index is 2.11. The molecule has 18 heavy (non-hydrogen) atoms. The molecule has 0 spiro atoms. The third-order valence-electron chi connectivity index (χ3n) is 2.65. The van der Waals surface area contributed by atoms with Gasteiger partial charge in [0.05, 0.1) is 19.0 Å². The SMILES string of the molecule is CCn1c(COc2ccccc2OC)cnc1Br. The topological polar surface area (TPSA) is 36.3 Å². The summed E-state index contributed by atoms with van der Waals surface area (Å²) in [6.07, 6.45) is 1.81. The minimum Gasteiger partial charge on any atom is -0.493 e. The largest absolute Gasteiger partial charge is 0.493 e. The molecule has 2 aromatic rings. The van der Waals surface area contributed by atoms with E-state index in [1.807, 2.05) is 30.5 Å². The normalized spacial score (nSPS) is 10.4. The van der Waals surface area contributed by atoms with E-state index >= 15 is 0 Å². The van der Waals surface area contributed by atoms with Gasteiger partial charge in [0.2, 0.25) is 0 Å². The first-order chi connectivity index (χ1) is 8.76. The Bertz CT molecular complexity index is 525. The Morgan fingerprint density at radius 1 is 1.28 bits per heavy atom. The molecule has 0 aliphatic carbocycles. The average molecular weight is 311 g/mol. The van der Waals surface area contributed by atoms with Gasteiger partial charge in [-0.3, -0.25) is 0 Å². The van der Waals surface area contributed by atoms with Crippen LogP contribution in [0.25, 0.3) is 0 Å². The lowest BCUT2D eigenvalue weighted by Crippen LogP contribution is -2.05. The van der Waals surface area contributed by atoms with Crippen LogP contribution in [0.1, 0.15) is 12.6 Å². The van der Waals surface area contributed by atoms with E-state index in [2.05, 4.69) is 32.4 Å². The van der Waals surface area contributed by atoms with E-state index in [9.17, 15) is 0 Å². The summed E-state index contributed by atoms with van der Waals surface area (Å²) in [5, 5.41) is 0. The first kappa shape index (κ1) is 13.0. The van der Waals surface area contributed by atoms with Gasteiger partial charge in [-0.25, -0.2) is 4.98 Å². The fourth-order valence-electron chi connectivity index (χ4n) is 1.72.